The highest BCUT2D eigenvalue weighted by Crippen LogP contribution is 2.31. The Morgan fingerprint density at radius 3 is 3.00 bits per heavy atom. The summed E-state index contributed by atoms with van der Waals surface area (Å²) in [6, 6.07) is 6.02. The van der Waals surface area contributed by atoms with E-state index in [1.807, 2.05) is 23.9 Å². The number of hydrogen-bond acceptors (Lipinski definition) is 3. The third-order valence-electron chi connectivity index (χ3n) is 3.29. The molecule has 100 valence electrons. The molecule has 0 saturated carbocycles. The summed E-state index contributed by atoms with van der Waals surface area (Å²) in [7, 11) is 0. The molecule has 0 bridgehead atoms. The van der Waals surface area contributed by atoms with Crippen molar-refractivity contribution in [2.24, 2.45) is 5.73 Å². The first-order valence-corrected chi connectivity index (χ1v) is 7.98. The fraction of sp³-hybridized carbons (Fsp3) is 0.571. The number of hydrogen-bond donors (Lipinski definition) is 1. The summed E-state index contributed by atoms with van der Waals surface area (Å²) in [5, 5.41) is 0.698. The number of nitrogens with two attached hydrogens (primary N) is 1. The van der Waals surface area contributed by atoms with Crippen LogP contribution in [0.25, 0.3) is 0 Å². The van der Waals surface area contributed by atoms with Crippen molar-refractivity contribution in [2.75, 3.05) is 18.1 Å². The standard InChI is InChI=1S/C14H20ClNOS/c1-10(8-16)11-4-5-14(13(15)7-11)17-12-3-2-6-18-9-12/h4-5,7,10,12H,2-3,6,8-9,16H2,1H3. The molecule has 18 heavy (non-hydrogen) atoms. The van der Waals surface area contributed by atoms with Crippen molar-refractivity contribution in [1.82, 2.24) is 0 Å². The summed E-state index contributed by atoms with van der Waals surface area (Å²) in [5.41, 5.74) is 6.84. The molecule has 1 aliphatic heterocycles. The summed E-state index contributed by atoms with van der Waals surface area (Å²) < 4.78 is 5.97. The van der Waals surface area contributed by atoms with E-state index in [-0.39, 0.29) is 0 Å². The Bertz CT molecular complexity index is 393. The van der Waals surface area contributed by atoms with Crippen LogP contribution in [0, 0.1) is 0 Å². The molecule has 1 heterocycles. The molecule has 1 aromatic carbocycles. The van der Waals surface area contributed by atoms with Crippen molar-refractivity contribution in [3.63, 3.8) is 0 Å². The van der Waals surface area contributed by atoms with E-state index < -0.39 is 0 Å². The molecule has 0 aromatic heterocycles. The lowest BCUT2D eigenvalue weighted by Gasteiger charge is -2.23. The predicted molar refractivity (Wildman–Crippen MR) is 79.9 cm³/mol. The Morgan fingerprint density at radius 2 is 2.39 bits per heavy atom. The largest absolute Gasteiger partial charge is 0.488 e. The van der Waals surface area contributed by atoms with Gasteiger partial charge in [0.15, 0.2) is 0 Å². The van der Waals surface area contributed by atoms with Crippen LogP contribution in [-0.4, -0.2) is 24.2 Å². The SMILES string of the molecule is CC(CN)c1ccc(OC2CCCSC2)c(Cl)c1. The zero-order valence-corrected chi connectivity index (χ0v) is 12.3. The van der Waals surface area contributed by atoms with Gasteiger partial charge in [0, 0.05) is 5.75 Å². The van der Waals surface area contributed by atoms with Crippen LogP contribution >= 0.6 is 23.4 Å². The molecule has 2 atom stereocenters. The van der Waals surface area contributed by atoms with Gasteiger partial charge in [0.25, 0.3) is 0 Å². The Labute approximate surface area is 118 Å². The van der Waals surface area contributed by atoms with Crippen molar-refractivity contribution in [2.45, 2.75) is 31.8 Å². The Kier molecular flexibility index (Phi) is 5.22. The van der Waals surface area contributed by atoms with Gasteiger partial charge in [0.1, 0.15) is 11.9 Å². The first-order chi connectivity index (χ1) is 8.70. The minimum Gasteiger partial charge on any atom is -0.488 e. The van der Waals surface area contributed by atoms with Gasteiger partial charge in [0.2, 0.25) is 0 Å². The molecule has 1 saturated heterocycles. The Morgan fingerprint density at radius 1 is 1.56 bits per heavy atom. The van der Waals surface area contributed by atoms with Crippen molar-refractivity contribution in [3.8, 4) is 5.75 Å². The quantitative estimate of drug-likeness (QED) is 0.917. The van der Waals surface area contributed by atoms with Gasteiger partial charge < -0.3 is 10.5 Å². The van der Waals surface area contributed by atoms with Crippen molar-refractivity contribution in [3.05, 3.63) is 28.8 Å². The number of halogens is 1. The van der Waals surface area contributed by atoms with Crippen LogP contribution in [0.15, 0.2) is 18.2 Å². The number of benzene rings is 1. The van der Waals surface area contributed by atoms with Crippen molar-refractivity contribution < 1.29 is 4.74 Å². The lowest BCUT2D eigenvalue weighted by molar-refractivity contribution is 0.211. The Balaban J connectivity index is 2.04. The number of rotatable bonds is 4. The van der Waals surface area contributed by atoms with E-state index in [9.17, 15) is 0 Å². The van der Waals surface area contributed by atoms with E-state index in [1.165, 1.54) is 17.7 Å². The zero-order chi connectivity index (χ0) is 13.0. The third kappa shape index (κ3) is 3.56. The molecule has 1 aromatic rings. The van der Waals surface area contributed by atoms with Crippen molar-refractivity contribution in [1.29, 1.82) is 0 Å². The van der Waals surface area contributed by atoms with E-state index in [0.717, 1.165) is 17.9 Å². The predicted octanol–water partition coefficient (Wildman–Crippen LogP) is 3.68. The summed E-state index contributed by atoms with van der Waals surface area (Å²) in [6.45, 7) is 2.74. The third-order valence-corrected chi connectivity index (χ3v) is 4.77. The molecule has 2 N–H and O–H groups in total. The van der Waals surface area contributed by atoms with E-state index in [2.05, 4.69) is 13.0 Å². The molecule has 0 spiro atoms. The average molecular weight is 286 g/mol. The first-order valence-electron chi connectivity index (χ1n) is 6.44. The van der Waals surface area contributed by atoms with Gasteiger partial charge in [-0.05, 0) is 48.8 Å². The van der Waals surface area contributed by atoms with E-state index >= 15 is 0 Å². The minimum atomic E-state index is 0.305. The number of thioether (sulfide) groups is 1. The first kappa shape index (κ1) is 14.0. The molecule has 1 aliphatic rings. The fourth-order valence-corrected chi connectivity index (χ4v) is 3.31. The molecule has 4 heteroatoms. The maximum Gasteiger partial charge on any atom is 0.138 e. The van der Waals surface area contributed by atoms with Crippen LogP contribution in [0.3, 0.4) is 0 Å². The molecular formula is C14H20ClNOS. The van der Waals surface area contributed by atoms with Crippen LogP contribution in [0.1, 0.15) is 31.2 Å². The van der Waals surface area contributed by atoms with Gasteiger partial charge in [-0.25, -0.2) is 0 Å². The van der Waals surface area contributed by atoms with E-state index in [4.69, 9.17) is 22.1 Å². The van der Waals surface area contributed by atoms with Crippen molar-refractivity contribution >= 4 is 23.4 Å². The van der Waals surface area contributed by atoms with Crippen LogP contribution in [-0.2, 0) is 0 Å². The van der Waals surface area contributed by atoms with Gasteiger partial charge in [-0.3, -0.25) is 0 Å². The van der Waals surface area contributed by atoms with Crippen LogP contribution in [0.4, 0.5) is 0 Å². The molecule has 2 rings (SSSR count). The monoisotopic (exact) mass is 285 g/mol. The molecular weight excluding hydrogens is 266 g/mol. The lowest BCUT2D eigenvalue weighted by atomic mass is 10.0. The maximum absolute atomic E-state index is 6.28. The summed E-state index contributed by atoms with van der Waals surface area (Å²) in [6.07, 6.45) is 2.67. The molecule has 1 fully saturated rings. The van der Waals surface area contributed by atoms with Gasteiger partial charge in [0.05, 0.1) is 5.02 Å². The summed E-state index contributed by atoms with van der Waals surface area (Å²) in [5.74, 6) is 3.46. The molecule has 0 amide bonds. The topological polar surface area (TPSA) is 35.2 Å². The van der Waals surface area contributed by atoms with Gasteiger partial charge in [-0.2, -0.15) is 11.8 Å². The second kappa shape index (κ2) is 6.69. The van der Waals surface area contributed by atoms with Crippen LogP contribution in [0.2, 0.25) is 5.02 Å². The Hall–Kier alpha value is -0.380. The second-order valence-electron chi connectivity index (χ2n) is 4.78. The smallest absolute Gasteiger partial charge is 0.138 e. The fourth-order valence-electron chi connectivity index (χ4n) is 2.04. The molecule has 0 radical (unpaired) electrons. The second-order valence-corrected chi connectivity index (χ2v) is 6.34. The van der Waals surface area contributed by atoms with Crippen LogP contribution in [0.5, 0.6) is 5.75 Å². The average Bonchev–Trinajstić information content (AvgIpc) is 2.41. The normalized spacial score (nSPS) is 21.6. The van der Waals surface area contributed by atoms with Gasteiger partial charge in [-0.15, -0.1) is 0 Å². The summed E-state index contributed by atoms with van der Waals surface area (Å²) >= 11 is 8.23. The highest BCUT2D eigenvalue weighted by Gasteiger charge is 2.17. The maximum atomic E-state index is 6.28. The lowest BCUT2D eigenvalue weighted by Crippen LogP contribution is -2.23. The highest BCUT2D eigenvalue weighted by atomic mass is 35.5. The number of ether oxygens (including phenoxy) is 1. The zero-order valence-electron chi connectivity index (χ0n) is 10.7. The van der Waals surface area contributed by atoms with Gasteiger partial charge in [-0.1, -0.05) is 24.6 Å². The minimum absolute atomic E-state index is 0.305. The van der Waals surface area contributed by atoms with Crippen LogP contribution < -0.4 is 10.5 Å². The molecule has 2 unspecified atom stereocenters. The summed E-state index contributed by atoms with van der Waals surface area (Å²) in [4.78, 5) is 0. The highest BCUT2D eigenvalue weighted by molar-refractivity contribution is 7.99. The van der Waals surface area contributed by atoms with E-state index in [1.54, 1.807) is 0 Å². The van der Waals surface area contributed by atoms with E-state index in [0.29, 0.717) is 23.6 Å². The van der Waals surface area contributed by atoms with Gasteiger partial charge >= 0.3 is 0 Å². The molecule has 2 nitrogen and oxygen atoms in total. The molecule has 0 aliphatic carbocycles.